The molecule has 1 aliphatic heterocycles. The summed E-state index contributed by atoms with van der Waals surface area (Å²) in [5.41, 5.74) is -3.08. The van der Waals surface area contributed by atoms with Crippen molar-refractivity contribution in [3.8, 4) is 6.07 Å². The van der Waals surface area contributed by atoms with Gasteiger partial charge in [0, 0.05) is 18.7 Å². The third-order valence-electron chi connectivity index (χ3n) is 3.38. The Morgan fingerprint density at radius 1 is 1.40 bits per heavy atom. The summed E-state index contributed by atoms with van der Waals surface area (Å²) in [7, 11) is 0. The third kappa shape index (κ3) is 2.70. The number of hydrogen-bond donors (Lipinski definition) is 1. The van der Waals surface area contributed by atoms with Gasteiger partial charge < -0.3 is 10.0 Å². The Hall–Kier alpha value is -1.81. The molecule has 20 heavy (non-hydrogen) atoms. The predicted molar refractivity (Wildman–Crippen MR) is 63.9 cm³/mol. The van der Waals surface area contributed by atoms with Gasteiger partial charge in [0.1, 0.15) is 0 Å². The molecule has 0 unspecified atom stereocenters. The molecule has 1 N–H and O–H groups in total. The number of nitrogens with zero attached hydrogens (tertiary/aromatic N) is 2. The smallest absolute Gasteiger partial charge is 0.393 e. The van der Waals surface area contributed by atoms with Crippen LogP contribution >= 0.6 is 0 Å². The van der Waals surface area contributed by atoms with Crippen molar-refractivity contribution >= 4 is 5.69 Å². The first-order valence-corrected chi connectivity index (χ1v) is 5.95. The van der Waals surface area contributed by atoms with E-state index in [0.717, 1.165) is 12.1 Å². The van der Waals surface area contributed by atoms with E-state index in [4.69, 9.17) is 10.4 Å². The summed E-state index contributed by atoms with van der Waals surface area (Å²) in [5.74, 6) is 0. The molecule has 0 saturated carbocycles. The molecule has 1 heterocycles. The molecule has 1 aromatic carbocycles. The first-order chi connectivity index (χ1) is 9.29. The molecule has 1 saturated heterocycles. The van der Waals surface area contributed by atoms with Crippen LogP contribution in [0.4, 0.5) is 23.2 Å². The van der Waals surface area contributed by atoms with Crippen LogP contribution in [0.15, 0.2) is 18.2 Å². The van der Waals surface area contributed by atoms with Crippen LogP contribution in [-0.2, 0) is 6.18 Å². The molecular weight excluding hydrogens is 276 g/mol. The Balaban J connectivity index is 2.34. The number of rotatable bonds is 2. The molecule has 1 fully saturated rings. The predicted octanol–water partition coefficient (Wildman–Crippen LogP) is 2.49. The van der Waals surface area contributed by atoms with E-state index in [2.05, 4.69) is 0 Å². The molecular formula is C13H12F4N2O. The van der Waals surface area contributed by atoms with E-state index < -0.39 is 29.6 Å². The zero-order valence-electron chi connectivity index (χ0n) is 10.4. The number of benzene rings is 1. The Bertz CT molecular complexity index is 552. The van der Waals surface area contributed by atoms with Gasteiger partial charge in [0.05, 0.1) is 30.3 Å². The van der Waals surface area contributed by atoms with Crippen LogP contribution in [0.25, 0.3) is 0 Å². The molecule has 0 bridgehead atoms. The minimum Gasteiger partial charge on any atom is -0.393 e. The largest absolute Gasteiger partial charge is 0.417 e. The number of hydrogen-bond acceptors (Lipinski definition) is 3. The molecule has 0 radical (unpaired) electrons. The van der Waals surface area contributed by atoms with Crippen molar-refractivity contribution in [3.63, 3.8) is 0 Å². The molecule has 3 nitrogen and oxygen atoms in total. The van der Waals surface area contributed by atoms with Gasteiger partial charge in [-0.1, -0.05) is 0 Å². The van der Waals surface area contributed by atoms with Crippen LogP contribution in [0, 0.1) is 11.3 Å². The second kappa shape index (κ2) is 4.94. The van der Waals surface area contributed by atoms with Gasteiger partial charge in [-0.05, 0) is 18.2 Å². The maximum Gasteiger partial charge on any atom is 0.417 e. The van der Waals surface area contributed by atoms with Crippen molar-refractivity contribution in [1.29, 1.82) is 5.26 Å². The van der Waals surface area contributed by atoms with Crippen molar-refractivity contribution in [3.05, 3.63) is 29.3 Å². The van der Waals surface area contributed by atoms with Crippen molar-refractivity contribution in [2.75, 3.05) is 24.6 Å². The Morgan fingerprint density at radius 3 is 2.60 bits per heavy atom. The lowest BCUT2D eigenvalue weighted by Crippen LogP contribution is -2.32. The van der Waals surface area contributed by atoms with Crippen molar-refractivity contribution in [2.24, 2.45) is 0 Å². The standard InChI is InChI=1S/C13H12F4N2O/c14-12(8-20)3-4-19(7-12)10-2-1-9(6-18)11(5-10)13(15,16)17/h1-2,5,20H,3-4,7-8H2/t12-/m1/s1. The average Bonchev–Trinajstić information content (AvgIpc) is 2.80. The van der Waals surface area contributed by atoms with E-state index in [1.807, 2.05) is 0 Å². The fraction of sp³-hybridized carbons (Fsp3) is 0.462. The molecule has 2 rings (SSSR count). The number of nitriles is 1. The van der Waals surface area contributed by atoms with Gasteiger partial charge in [-0.25, -0.2) is 4.39 Å². The highest BCUT2D eigenvalue weighted by atomic mass is 19.4. The highest BCUT2D eigenvalue weighted by Gasteiger charge is 2.39. The van der Waals surface area contributed by atoms with E-state index >= 15 is 0 Å². The summed E-state index contributed by atoms with van der Waals surface area (Å²) >= 11 is 0. The molecule has 7 heteroatoms. The highest BCUT2D eigenvalue weighted by molar-refractivity contribution is 5.55. The van der Waals surface area contributed by atoms with E-state index in [9.17, 15) is 17.6 Å². The number of aliphatic hydroxyl groups excluding tert-OH is 1. The quantitative estimate of drug-likeness (QED) is 0.851. The molecule has 0 amide bonds. The molecule has 1 aliphatic rings. The van der Waals surface area contributed by atoms with Crippen LogP contribution in [0.2, 0.25) is 0 Å². The Morgan fingerprint density at radius 2 is 2.10 bits per heavy atom. The summed E-state index contributed by atoms with van der Waals surface area (Å²) in [6.45, 7) is -0.598. The van der Waals surface area contributed by atoms with Crippen LogP contribution in [0.5, 0.6) is 0 Å². The number of halogens is 4. The normalized spacial score (nSPS) is 22.9. The van der Waals surface area contributed by atoms with Gasteiger partial charge in [0.25, 0.3) is 0 Å². The summed E-state index contributed by atoms with van der Waals surface area (Å²) in [4.78, 5) is 1.44. The van der Waals surface area contributed by atoms with Gasteiger partial charge in [-0.3, -0.25) is 0 Å². The van der Waals surface area contributed by atoms with Crippen LogP contribution in [0.3, 0.4) is 0 Å². The lowest BCUT2D eigenvalue weighted by Gasteiger charge is -2.22. The average molecular weight is 288 g/mol. The second-order valence-corrected chi connectivity index (χ2v) is 4.82. The van der Waals surface area contributed by atoms with Crippen LogP contribution in [0.1, 0.15) is 17.5 Å². The highest BCUT2D eigenvalue weighted by Crippen LogP contribution is 2.36. The minimum atomic E-state index is -4.63. The lowest BCUT2D eigenvalue weighted by atomic mass is 10.1. The Kier molecular flexibility index (Phi) is 3.61. The number of aliphatic hydroxyl groups is 1. The maximum absolute atomic E-state index is 13.9. The van der Waals surface area contributed by atoms with E-state index in [0.29, 0.717) is 0 Å². The van der Waals surface area contributed by atoms with Crippen LogP contribution in [-0.4, -0.2) is 30.5 Å². The fourth-order valence-electron chi connectivity index (χ4n) is 2.25. The van der Waals surface area contributed by atoms with E-state index in [1.165, 1.54) is 17.0 Å². The molecule has 1 atom stereocenters. The monoisotopic (exact) mass is 288 g/mol. The van der Waals surface area contributed by atoms with Gasteiger partial charge in [-0.15, -0.1) is 0 Å². The van der Waals surface area contributed by atoms with Gasteiger partial charge >= 0.3 is 6.18 Å². The van der Waals surface area contributed by atoms with Gasteiger partial charge in [0.15, 0.2) is 5.67 Å². The zero-order valence-corrected chi connectivity index (χ0v) is 10.4. The van der Waals surface area contributed by atoms with Gasteiger partial charge in [0.2, 0.25) is 0 Å². The number of anilines is 1. The summed E-state index contributed by atoms with van der Waals surface area (Å²) in [5, 5.41) is 17.6. The first-order valence-electron chi connectivity index (χ1n) is 5.95. The van der Waals surface area contributed by atoms with Crippen molar-refractivity contribution in [2.45, 2.75) is 18.3 Å². The second-order valence-electron chi connectivity index (χ2n) is 4.82. The SMILES string of the molecule is N#Cc1ccc(N2CC[C@](F)(CO)C2)cc1C(F)(F)F. The lowest BCUT2D eigenvalue weighted by molar-refractivity contribution is -0.137. The summed E-state index contributed by atoms with van der Waals surface area (Å²) in [6, 6.07) is 4.78. The third-order valence-corrected chi connectivity index (χ3v) is 3.38. The summed E-state index contributed by atoms with van der Waals surface area (Å²) < 4.78 is 52.4. The molecule has 1 aromatic rings. The van der Waals surface area contributed by atoms with Gasteiger partial charge in [-0.2, -0.15) is 18.4 Å². The number of alkyl halides is 4. The van der Waals surface area contributed by atoms with Crippen molar-refractivity contribution < 1.29 is 22.7 Å². The summed E-state index contributed by atoms with van der Waals surface area (Å²) in [6.07, 6.45) is -4.57. The maximum atomic E-state index is 13.9. The first kappa shape index (κ1) is 14.6. The fourth-order valence-corrected chi connectivity index (χ4v) is 2.25. The molecule has 0 spiro atoms. The van der Waals surface area contributed by atoms with E-state index in [-0.39, 0.29) is 25.2 Å². The molecule has 108 valence electrons. The molecule has 0 aliphatic carbocycles. The minimum absolute atomic E-state index is 0.0604. The van der Waals surface area contributed by atoms with Crippen molar-refractivity contribution in [1.82, 2.24) is 0 Å². The molecule has 0 aromatic heterocycles. The van der Waals surface area contributed by atoms with E-state index in [1.54, 1.807) is 0 Å². The van der Waals surface area contributed by atoms with Crippen LogP contribution < -0.4 is 4.90 Å². The Labute approximate surface area is 113 Å². The topological polar surface area (TPSA) is 47.3 Å². The zero-order chi connectivity index (χ0) is 15.0.